The summed E-state index contributed by atoms with van der Waals surface area (Å²) in [7, 11) is 1.61. The second-order valence-corrected chi connectivity index (χ2v) is 7.64. The van der Waals surface area contributed by atoms with Crippen LogP contribution in [0.25, 0.3) is 6.08 Å². The Morgan fingerprint density at radius 3 is 2.85 bits per heavy atom. The topological polar surface area (TPSA) is 51.9 Å². The maximum atomic E-state index is 12.7. The van der Waals surface area contributed by atoms with E-state index in [9.17, 15) is 4.79 Å². The minimum Gasteiger partial charge on any atom is -0.493 e. The summed E-state index contributed by atoms with van der Waals surface area (Å²) in [6.07, 6.45) is 5.46. The lowest BCUT2D eigenvalue weighted by Gasteiger charge is -2.12. The molecule has 0 N–H and O–H groups in total. The second-order valence-electron chi connectivity index (χ2n) is 5.96. The van der Waals surface area contributed by atoms with Crippen molar-refractivity contribution in [2.24, 2.45) is 0 Å². The molecular formula is C20H21NO4S2. The number of amides is 1. The average Bonchev–Trinajstić information content (AvgIpc) is 3.27. The molecule has 1 aromatic carbocycles. The predicted octanol–water partition coefficient (Wildman–Crippen LogP) is 4.87. The first-order chi connectivity index (χ1) is 13.1. The molecule has 0 saturated carbocycles. The minimum atomic E-state index is -0.122. The van der Waals surface area contributed by atoms with E-state index in [1.807, 2.05) is 30.3 Å². The number of ether oxygens (including phenoxy) is 2. The number of thiocarbonyl (C=S) groups is 1. The molecule has 1 amide bonds. The molecule has 5 nitrogen and oxygen atoms in total. The van der Waals surface area contributed by atoms with Gasteiger partial charge in [0.1, 0.15) is 10.1 Å². The molecule has 142 valence electrons. The van der Waals surface area contributed by atoms with Gasteiger partial charge in [-0.25, -0.2) is 0 Å². The van der Waals surface area contributed by atoms with Crippen LogP contribution in [0.15, 0.2) is 45.9 Å². The monoisotopic (exact) mass is 403 g/mol. The van der Waals surface area contributed by atoms with E-state index in [1.54, 1.807) is 24.3 Å². The van der Waals surface area contributed by atoms with Crippen molar-refractivity contribution in [2.45, 2.75) is 26.3 Å². The number of methoxy groups -OCH3 is 1. The summed E-state index contributed by atoms with van der Waals surface area (Å²) < 4.78 is 17.0. The van der Waals surface area contributed by atoms with Crippen LogP contribution < -0.4 is 9.47 Å². The number of carbonyl (C=O) groups is 1. The average molecular weight is 404 g/mol. The van der Waals surface area contributed by atoms with Gasteiger partial charge in [0.25, 0.3) is 5.91 Å². The van der Waals surface area contributed by atoms with Gasteiger partial charge in [-0.2, -0.15) is 0 Å². The fraction of sp³-hybridized carbons (Fsp3) is 0.300. The van der Waals surface area contributed by atoms with Crippen LogP contribution in [0.5, 0.6) is 11.5 Å². The molecule has 2 aromatic rings. The molecule has 2 heterocycles. The zero-order valence-electron chi connectivity index (χ0n) is 15.3. The third-order valence-corrected chi connectivity index (χ3v) is 5.39. The highest BCUT2D eigenvalue weighted by atomic mass is 32.2. The zero-order chi connectivity index (χ0) is 19.2. The molecule has 1 aliphatic rings. The number of carbonyl (C=O) groups excluding carboxylic acids is 1. The summed E-state index contributed by atoms with van der Waals surface area (Å²) in [4.78, 5) is 14.8. The maximum Gasteiger partial charge on any atom is 0.266 e. The first-order valence-electron chi connectivity index (χ1n) is 8.71. The van der Waals surface area contributed by atoms with Gasteiger partial charge in [0, 0.05) is 0 Å². The van der Waals surface area contributed by atoms with Crippen molar-refractivity contribution in [3.05, 3.63) is 52.8 Å². The predicted molar refractivity (Wildman–Crippen MR) is 111 cm³/mol. The molecule has 0 atom stereocenters. The third kappa shape index (κ3) is 4.73. The maximum absolute atomic E-state index is 12.7. The van der Waals surface area contributed by atoms with Crippen molar-refractivity contribution in [1.29, 1.82) is 0 Å². The molecule has 3 rings (SSSR count). The number of hydrogen-bond donors (Lipinski definition) is 0. The lowest BCUT2D eigenvalue weighted by molar-refractivity contribution is -0.122. The van der Waals surface area contributed by atoms with Crippen LogP contribution >= 0.6 is 24.0 Å². The Labute approximate surface area is 168 Å². The van der Waals surface area contributed by atoms with Crippen LogP contribution in [0, 0.1) is 0 Å². The summed E-state index contributed by atoms with van der Waals surface area (Å²) in [5.74, 6) is 1.92. The van der Waals surface area contributed by atoms with Crippen molar-refractivity contribution >= 4 is 40.3 Å². The van der Waals surface area contributed by atoms with Crippen molar-refractivity contribution in [2.75, 3.05) is 13.7 Å². The van der Waals surface area contributed by atoms with E-state index in [1.165, 1.54) is 11.8 Å². The van der Waals surface area contributed by atoms with Gasteiger partial charge in [-0.1, -0.05) is 43.4 Å². The lowest BCUT2D eigenvalue weighted by Crippen LogP contribution is -2.27. The Morgan fingerprint density at radius 2 is 2.15 bits per heavy atom. The molecule has 1 fully saturated rings. The van der Waals surface area contributed by atoms with Gasteiger partial charge in [0.15, 0.2) is 11.5 Å². The van der Waals surface area contributed by atoms with Gasteiger partial charge in [-0.3, -0.25) is 9.69 Å². The highest BCUT2D eigenvalue weighted by Crippen LogP contribution is 2.35. The summed E-state index contributed by atoms with van der Waals surface area (Å²) in [6.45, 7) is 3.10. The highest BCUT2D eigenvalue weighted by Gasteiger charge is 2.32. The quantitative estimate of drug-likeness (QED) is 0.356. The van der Waals surface area contributed by atoms with Crippen LogP contribution in [0.4, 0.5) is 0 Å². The van der Waals surface area contributed by atoms with Crippen LogP contribution in [0.2, 0.25) is 0 Å². The van der Waals surface area contributed by atoms with Crippen LogP contribution in [0.1, 0.15) is 31.1 Å². The number of unbranched alkanes of at least 4 members (excludes halogenated alkanes) is 1. The first kappa shape index (κ1) is 19.5. The molecule has 0 radical (unpaired) electrons. The van der Waals surface area contributed by atoms with Crippen molar-refractivity contribution in [1.82, 2.24) is 4.90 Å². The molecule has 1 aliphatic heterocycles. The van der Waals surface area contributed by atoms with Crippen LogP contribution in [0.3, 0.4) is 0 Å². The van der Waals surface area contributed by atoms with Crippen molar-refractivity contribution in [3.8, 4) is 11.5 Å². The highest BCUT2D eigenvalue weighted by molar-refractivity contribution is 8.26. The summed E-state index contributed by atoms with van der Waals surface area (Å²) in [6, 6.07) is 9.25. The van der Waals surface area contributed by atoms with E-state index in [0.29, 0.717) is 39.6 Å². The summed E-state index contributed by atoms with van der Waals surface area (Å²) in [5.41, 5.74) is 0.855. The number of nitrogens with zero attached hydrogens (tertiary/aromatic N) is 1. The molecule has 27 heavy (non-hydrogen) atoms. The fourth-order valence-corrected chi connectivity index (χ4v) is 3.82. The first-order valence-corrected chi connectivity index (χ1v) is 9.93. The number of rotatable bonds is 8. The Morgan fingerprint density at radius 1 is 1.30 bits per heavy atom. The normalized spacial score (nSPS) is 15.6. The van der Waals surface area contributed by atoms with Gasteiger partial charge in [-0.15, -0.1) is 0 Å². The van der Waals surface area contributed by atoms with Gasteiger partial charge in [0.2, 0.25) is 0 Å². The van der Waals surface area contributed by atoms with Gasteiger partial charge >= 0.3 is 0 Å². The minimum absolute atomic E-state index is 0.122. The van der Waals surface area contributed by atoms with Crippen LogP contribution in [-0.2, 0) is 11.3 Å². The summed E-state index contributed by atoms with van der Waals surface area (Å²) in [5, 5.41) is 0. The van der Waals surface area contributed by atoms with E-state index < -0.39 is 0 Å². The Hall–Kier alpha value is -2.25. The third-order valence-electron chi connectivity index (χ3n) is 4.01. The van der Waals surface area contributed by atoms with E-state index in [-0.39, 0.29) is 5.91 Å². The Bertz CT molecular complexity index is 846. The van der Waals surface area contributed by atoms with Gasteiger partial charge in [-0.05, 0) is 42.3 Å². The van der Waals surface area contributed by atoms with Crippen molar-refractivity contribution < 1.29 is 18.7 Å². The Balaban J connectivity index is 1.75. The molecule has 0 aliphatic carbocycles. The van der Waals surface area contributed by atoms with E-state index >= 15 is 0 Å². The van der Waals surface area contributed by atoms with Gasteiger partial charge < -0.3 is 13.9 Å². The fourth-order valence-electron chi connectivity index (χ4n) is 2.57. The SMILES string of the molecule is CCCCOc1ccc(/C=C2/SC(=S)N(Cc3ccco3)C2=O)cc1OC. The number of thioether (sulfide) groups is 1. The molecular weight excluding hydrogens is 382 g/mol. The standard InChI is InChI=1S/C20H21NO4S2/c1-3-4-9-25-16-8-7-14(11-17(16)23-2)12-18-19(22)21(20(26)27-18)13-15-6-5-10-24-15/h5-8,10-12H,3-4,9,13H2,1-2H3/b18-12+. The number of hydrogen-bond acceptors (Lipinski definition) is 6. The largest absolute Gasteiger partial charge is 0.493 e. The Kier molecular flexibility index (Phi) is 6.58. The van der Waals surface area contributed by atoms with E-state index in [2.05, 4.69) is 6.92 Å². The summed E-state index contributed by atoms with van der Waals surface area (Å²) >= 11 is 6.64. The molecule has 0 unspecified atom stereocenters. The number of benzene rings is 1. The molecule has 1 aromatic heterocycles. The molecule has 1 saturated heterocycles. The molecule has 0 bridgehead atoms. The molecule has 7 heteroatoms. The van der Waals surface area contributed by atoms with Crippen molar-refractivity contribution in [3.63, 3.8) is 0 Å². The van der Waals surface area contributed by atoms with Crippen LogP contribution in [-0.4, -0.2) is 28.8 Å². The zero-order valence-corrected chi connectivity index (χ0v) is 16.9. The smallest absolute Gasteiger partial charge is 0.266 e. The lowest BCUT2D eigenvalue weighted by atomic mass is 10.2. The van der Waals surface area contributed by atoms with E-state index in [0.717, 1.165) is 18.4 Å². The molecule has 0 spiro atoms. The number of furan rings is 1. The van der Waals surface area contributed by atoms with Gasteiger partial charge in [0.05, 0.1) is 31.4 Å². The van der Waals surface area contributed by atoms with E-state index in [4.69, 9.17) is 26.1 Å². The second kappa shape index (κ2) is 9.10.